The average molecular weight is 449 g/mol. The lowest BCUT2D eigenvalue weighted by molar-refractivity contribution is 0.132. The number of aromatic hydroxyl groups is 1. The fraction of sp³-hybridized carbons (Fsp3) is 0.391. The van der Waals surface area contributed by atoms with Crippen molar-refractivity contribution < 1.29 is 14.6 Å². The Morgan fingerprint density at radius 3 is 2.73 bits per heavy atom. The molecule has 0 radical (unpaired) electrons. The maximum absolute atomic E-state index is 10.8. The van der Waals surface area contributed by atoms with Crippen molar-refractivity contribution in [3.05, 3.63) is 46.6 Å². The van der Waals surface area contributed by atoms with Crippen LogP contribution in [0.4, 0.5) is 0 Å². The van der Waals surface area contributed by atoms with E-state index in [9.17, 15) is 5.11 Å². The van der Waals surface area contributed by atoms with Crippen molar-refractivity contribution in [3.8, 4) is 23.1 Å². The molecule has 0 amide bonds. The normalized spacial score (nSPS) is 17.4. The van der Waals surface area contributed by atoms with Crippen LogP contribution in [0, 0.1) is 0 Å². The van der Waals surface area contributed by atoms with E-state index in [-0.39, 0.29) is 5.88 Å². The molecule has 4 rings (SSSR count). The fourth-order valence-corrected chi connectivity index (χ4v) is 4.73. The average Bonchev–Trinajstić information content (AvgIpc) is 3.05. The number of fused-ring (bicyclic) bond motifs is 1. The first kappa shape index (κ1) is 21.2. The Hall–Kier alpha value is -2.08. The lowest BCUT2D eigenvalue weighted by Crippen LogP contribution is -2.39. The molecule has 5 nitrogen and oxygen atoms in total. The van der Waals surface area contributed by atoms with Crippen molar-refractivity contribution in [2.75, 3.05) is 26.8 Å². The highest BCUT2D eigenvalue weighted by molar-refractivity contribution is 6.39. The molecule has 0 spiro atoms. The summed E-state index contributed by atoms with van der Waals surface area (Å²) in [5, 5.41) is 13.0. The Morgan fingerprint density at radius 1 is 1.13 bits per heavy atom. The summed E-state index contributed by atoms with van der Waals surface area (Å²) in [5.74, 6) is 1.36. The van der Waals surface area contributed by atoms with Gasteiger partial charge in [-0.3, -0.25) is 9.47 Å². The van der Waals surface area contributed by atoms with E-state index in [1.807, 2.05) is 24.4 Å². The van der Waals surface area contributed by atoms with E-state index >= 15 is 0 Å². The van der Waals surface area contributed by atoms with E-state index in [0.717, 1.165) is 24.2 Å². The quantitative estimate of drug-likeness (QED) is 0.509. The summed E-state index contributed by atoms with van der Waals surface area (Å²) in [6.45, 7) is 4.85. The minimum atomic E-state index is 0.0601. The maximum Gasteiger partial charge on any atom is 0.205 e. The van der Waals surface area contributed by atoms with Crippen LogP contribution >= 0.6 is 23.2 Å². The molecule has 1 saturated heterocycles. The molecule has 1 aromatic heterocycles. The lowest BCUT2D eigenvalue weighted by Gasteiger charge is -2.33. The number of rotatable bonds is 6. The topological polar surface area (TPSA) is 46.9 Å². The van der Waals surface area contributed by atoms with Gasteiger partial charge in [0.2, 0.25) is 5.88 Å². The van der Waals surface area contributed by atoms with Gasteiger partial charge < -0.3 is 14.6 Å². The van der Waals surface area contributed by atoms with Crippen molar-refractivity contribution in [1.29, 1.82) is 0 Å². The zero-order valence-corrected chi connectivity index (χ0v) is 18.7. The first-order chi connectivity index (χ1) is 14.5. The van der Waals surface area contributed by atoms with Crippen LogP contribution in [-0.2, 0) is 0 Å². The number of ether oxygens (including phenoxy) is 2. The van der Waals surface area contributed by atoms with Crippen LogP contribution in [0.15, 0.2) is 36.5 Å². The van der Waals surface area contributed by atoms with Crippen molar-refractivity contribution >= 4 is 34.0 Å². The maximum atomic E-state index is 10.8. The highest BCUT2D eigenvalue weighted by Gasteiger charge is 2.19. The number of hydrogen-bond donors (Lipinski definition) is 1. The van der Waals surface area contributed by atoms with Crippen molar-refractivity contribution in [3.63, 3.8) is 0 Å². The van der Waals surface area contributed by atoms with Crippen molar-refractivity contribution in [2.24, 2.45) is 0 Å². The molecule has 7 heteroatoms. The molecule has 1 N–H and O–H groups in total. The van der Waals surface area contributed by atoms with Gasteiger partial charge in [0, 0.05) is 35.3 Å². The molecular formula is C23H26Cl2N2O3. The van der Waals surface area contributed by atoms with Gasteiger partial charge in [0.1, 0.15) is 6.61 Å². The third-order valence-corrected chi connectivity index (χ3v) is 6.32. The van der Waals surface area contributed by atoms with Crippen LogP contribution < -0.4 is 9.47 Å². The number of hydrogen-bond acceptors (Lipinski definition) is 4. The van der Waals surface area contributed by atoms with Gasteiger partial charge in [-0.2, -0.15) is 0 Å². The van der Waals surface area contributed by atoms with Gasteiger partial charge in [0.25, 0.3) is 0 Å². The van der Waals surface area contributed by atoms with Crippen molar-refractivity contribution in [1.82, 2.24) is 9.47 Å². The molecule has 30 heavy (non-hydrogen) atoms. The number of piperidine rings is 1. The third-order valence-electron chi connectivity index (χ3n) is 5.81. The summed E-state index contributed by atoms with van der Waals surface area (Å²) in [5.41, 5.74) is 0.748. The van der Waals surface area contributed by atoms with E-state index in [1.165, 1.54) is 19.3 Å². The second-order valence-corrected chi connectivity index (χ2v) is 8.58. The van der Waals surface area contributed by atoms with E-state index in [0.29, 0.717) is 39.6 Å². The molecule has 1 aliphatic rings. The van der Waals surface area contributed by atoms with Gasteiger partial charge >= 0.3 is 0 Å². The minimum absolute atomic E-state index is 0.0601. The SMILES string of the molecule is COc1ccc(-n2cc3cc(Cl)cc(Cl)c3c2O)cc1OCCN1CCCCC1C. The summed E-state index contributed by atoms with van der Waals surface area (Å²) in [4.78, 5) is 2.47. The van der Waals surface area contributed by atoms with Crippen LogP contribution in [-0.4, -0.2) is 47.4 Å². The first-order valence-corrected chi connectivity index (χ1v) is 11.0. The van der Waals surface area contributed by atoms with Gasteiger partial charge in [-0.05, 0) is 50.6 Å². The summed E-state index contributed by atoms with van der Waals surface area (Å²) in [7, 11) is 1.62. The molecule has 160 valence electrons. The smallest absolute Gasteiger partial charge is 0.205 e. The summed E-state index contributed by atoms with van der Waals surface area (Å²) >= 11 is 12.4. The second kappa shape index (κ2) is 8.96. The molecule has 3 aromatic rings. The lowest BCUT2D eigenvalue weighted by atomic mass is 10.0. The first-order valence-electron chi connectivity index (χ1n) is 10.2. The number of likely N-dealkylation sites (tertiary alicyclic amines) is 1. The van der Waals surface area contributed by atoms with Crippen LogP contribution in [0.5, 0.6) is 17.4 Å². The molecule has 1 unspecified atom stereocenters. The minimum Gasteiger partial charge on any atom is -0.494 e. The van der Waals surface area contributed by atoms with Crippen LogP contribution in [0.2, 0.25) is 10.0 Å². The molecule has 0 bridgehead atoms. The Bertz CT molecular complexity index is 1050. The highest BCUT2D eigenvalue weighted by Crippen LogP contribution is 2.39. The van der Waals surface area contributed by atoms with E-state index in [2.05, 4.69) is 11.8 Å². The Morgan fingerprint density at radius 2 is 1.97 bits per heavy atom. The highest BCUT2D eigenvalue weighted by atomic mass is 35.5. The number of halogens is 2. The second-order valence-electron chi connectivity index (χ2n) is 7.74. The number of methoxy groups -OCH3 is 1. The standard InChI is InChI=1S/C23H26Cl2N2O3/c1-15-5-3-4-8-26(15)9-10-30-21-13-18(6-7-20(21)29-2)27-14-16-11-17(24)12-19(25)22(16)23(27)28/h6-7,11-15,28H,3-5,8-10H2,1-2H3. The van der Waals surface area contributed by atoms with E-state index in [1.54, 1.807) is 23.8 Å². The van der Waals surface area contributed by atoms with Crippen molar-refractivity contribution in [2.45, 2.75) is 32.2 Å². The monoisotopic (exact) mass is 448 g/mol. The van der Waals surface area contributed by atoms with Gasteiger partial charge in [0.15, 0.2) is 11.5 Å². The Kier molecular flexibility index (Phi) is 6.32. The molecule has 2 heterocycles. The molecule has 0 saturated carbocycles. The molecular weight excluding hydrogens is 423 g/mol. The van der Waals surface area contributed by atoms with Gasteiger partial charge in [-0.15, -0.1) is 0 Å². The predicted molar refractivity (Wildman–Crippen MR) is 122 cm³/mol. The molecule has 2 aromatic carbocycles. The van der Waals surface area contributed by atoms with Crippen LogP contribution in [0.3, 0.4) is 0 Å². The Labute approximate surface area is 186 Å². The molecule has 0 aliphatic carbocycles. The molecule has 1 fully saturated rings. The van der Waals surface area contributed by atoms with E-state index in [4.69, 9.17) is 32.7 Å². The molecule has 1 aliphatic heterocycles. The van der Waals surface area contributed by atoms with E-state index < -0.39 is 0 Å². The zero-order valence-electron chi connectivity index (χ0n) is 17.2. The molecule has 1 atom stereocenters. The third kappa shape index (κ3) is 4.20. The van der Waals surface area contributed by atoms with Crippen LogP contribution in [0.25, 0.3) is 16.5 Å². The summed E-state index contributed by atoms with van der Waals surface area (Å²) in [6.07, 6.45) is 5.60. The summed E-state index contributed by atoms with van der Waals surface area (Å²) in [6, 6.07) is 9.57. The zero-order chi connectivity index (χ0) is 21.3. The predicted octanol–water partition coefficient (Wildman–Crippen LogP) is 5.90. The van der Waals surface area contributed by atoms with Gasteiger partial charge in [-0.1, -0.05) is 29.6 Å². The van der Waals surface area contributed by atoms with Crippen LogP contribution in [0.1, 0.15) is 26.2 Å². The number of benzene rings is 2. The fourth-order valence-electron chi connectivity index (χ4n) is 4.14. The summed E-state index contributed by atoms with van der Waals surface area (Å²) < 4.78 is 13.2. The number of aromatic nitrogens is 1. The van der Waals surface area contributed by atoms with Gasteiger partial charge in [0.05, 0.1) is 23.2 Å². The van der Waals surface area contributed by atoms with Gasteiger partial charge in [-0.25, -0.2) is 0 Å². The Balaban J connectivity index is 1.59. The number of nitrogens with zero attached hydrogens (tertiary/aromatic N) is 2. The largest absolute Gasteiger partial charge is 0.494 e.